The third kappa shape index (κ3) is 2.51. The predicted octanol–water partition coefficient (Wildman–Crippen LogP) is 3.87. The number of rotatable bonds is 2. The molecule has 0 N–H and O–H groups in total. The Labute approximate surface area is 127 Å². The molecule has 3 nitrogen and oxygen atoms in total. The van der Waals surface area contributed by atoms with Crippen LogP contribution in [0.1, 0.15) is 17.5 Å². The summed E-state index contributed by atoms with van der Waals surface area (Å²) in [6.45, 7) is 0.416. The normalized spacial score (nSPS) is 14.3. The monoisotopic (exact) mass is 306 g/mol. The summed E-state index contributed by atoms with van der Waals surface area (Å²) < 4.78 is 0. The number of para-hydroxylation sites is 1. The first-order chi connectivity index (χ1) is 9.65. The molecule has 0 aliphatic carbocycles. The van der Waals surface area contributed by atoms with Crippen LogP contribution >= 0.6 is 23.2 Å². The standard InChI is InChI=1S/C15H12Cl2N2O/c16-12-7-14(17)18-8-11(12)9-19-13-4-2-1-3-10(13)5-6-15(19)20/h1-4,7-8H,5-6,9H2. The van der Waals surface area contributed by atoms with Crippen molar-refractivity contribution < 1.29 is 4.79 Å². The first-order valence-corrected chi connectivity index (χ1v) is 7.09. The van der Waals surface area contributed by atoms with Crippen LogP contribution in [0.4, 0.5) is 5.69 Å². The number of aryl methyl sites for hydroxylation is 1. The number of hydrogen-bond donors (Lipinski definition) is 0. The molecule has 1 aliphatic heterocycles. The van der Waals surface area contributed by atoms with Gasteiger partial charge in [-0.25, -0.2) is 4.98 Å². The molecule has 1 aromatic carbocycles. The molecule has 5 heteroatoms. The van der Waals surface area contributed by atoms with Gasteiger partial charge in [0.1, 0.15) is 5.15 Å². The predicted molar refractivity (Wildman–Crippen MR) is 80.2 cm³/mol. The van der Waals surface area contributed by atoms with E-state index in [4.69, 9.17) is 23.2 Å². The van der Waals surface area contributed by atoms with Gasteiger partial charge < -0.3 is 4.90 Å². The molecule has 20 heavy (non-hydrogen) atoms. The van der Waals surface area contributed by atoms with Crippen molar-refractivity contribution >= 4 is 34.8 Å². The number of amides is 1. The molecule has 0 unspecified atom stereocenters. The second-order valence-electron chi connectivity index (χ2n) is 4.71. The van der Waals surface area contributed by atoms with E-state index in [9.17, 15) is 4.79 Å². The van der Waals surface area contributed by atoms with Crippen molar-refractivity contribution in [2.75, 3.05) is 4.90 Å². The lowest BCUT2D eigenvalue weighted by atomic mass is 10.0. The fraction of sp³-hybridized carbons (Fsp3) is 0.200. The molecule has 0 fully saturated rings. The van der Waals surface area contributed by atoms with E-state index >= 15 is 0 Å². The van der Waals surface area contributed by atoms with E-state index < -0.39 is 0 Å². The van der Waals surface area contributed by atoms with Crippen LogP contribution in [0.15, 0.2) is 36.5 Å². The van der Waals surface area contributed by atoms with Crippen LogP contribution in [0.5, 0.6) is 0 Å². The lowest BCUT2D eigenvalue weighted by Crippen LogP contribution is -2.34. The Hall–Kier alpha value is -1.58. The summed E-state index contributed by atoms with van der Waals surface area (Å²) in [5.74, 6) is 0.106. The van der Waals surface area contributed by atoms with E-state index in [0.29, 0.717) is 23.1 Å². The van der Waals surface area contributed by atoms with Gasteiger partial charge in [-0.15, -0.1) is 0 Å². The number of pyridine rings is 1. The number of carbonyl (C=O) groups excluding carboxylic acids is 1. The number of anilines is 1. The molecular weight excluding hydrogens is 295 g/mol. The zero-order chi connectivity index (χ0) is 14.1. The second-order valence-corrected chi connectivity index (χ2v) is 5.50. The first-order valence-electron chi connectivity index (χ1n) is 6.33. The summed E-state index contributed by atoms with van der Waals surface area (Å²) in [5, 5.41) is 0.880. The maximum absolute atomic E-state index is 12.2. The third-order valence-corrected chi connectivity index (χ3v) is 3.97. The quantitative estimate of drug-likeness (QED) is 0.789. The van der Waals surface area contributed by atoms with E-state index in [0.717, 1.165) is 17.7 Å². The van der Waals surface area contributed by atoms with Crippen LogP contribution in [-0.2, 0) is 17.8 Å². The summed E-state index contributed by atoms with van der Waals surface area (Å²) in [6, 6.07) is 9.54. The molecule has 0 saturated heterocycles. The van der Waals surface area contributed by atoms with Gasteiger partial charge in [0, 0.05) is 23.9 Å². The largest absolute Gasteiger partial charge is 0.308 e. The summed E-state index contributed by atoms with van der Waals surface area (Å²) in [7, 11) is 0. The Morgan fingerprint density at radius 1 is 1.20 bits per heavy atom. The molecule has 0 bridgehead atoms. The molecule has 2 heterocycles. The minimum absolute atomic E-state index is 0.106. The summed E-state index contributed by atoms with van der Waals surface area (Å²) in [6.07, 6.45) is 2.93. The Bertz CT molecular complexity index is 673. The minimum Gasteiger partial charge on any atom is -0.308 e. The number of nitrogens with zero attached hydrogens (tertiary/aromatic N) is 2. The highest BCUT2D eigenvalue weighted by molar-refractivity contribution is 6.34. The minimum atomic E-state index is 0.106. The Morgan fingerprint density at radius 3 is 2.80 bits per heavy atom. The van der Waals surface area contributed by atoms with Crippen molar-refractivity contribution in [3.8, 4) is 0 Å². The van der Waals surface area contributed by atoms with Crippen molar-refractivity contribution in [1.29, 1.82) is 0 Å². The Morgan fingerprint density at radius 2 is 2.00 bits per heavy atom. The number of aromatic nitrogens is 1. The highest BCUT2D eigenvalue weighted by Gasteiger charge is 2.24. The zero-order valence-electron chi connectivity index (χ0n) is 10.6. The lowest BCUT2D eigenvalue weighted by molar-refractivity contribution is -0.119. The molecule has 1 amide bonds. The maximum atomic E-state index is 12.2. The van der Waals surface area contributed by atoms with E-state index in [1.54, 1.807) is 17.2 Å². The van der Waals surface area contributed by atoms with E-state index in [1.807, 2.05) is 18.2 Å². The van der Waals surface area contributed by atoms with Crippen molar-refractivity contribution in [2.24, 2.45) is 0 Å². The fourth-order valence-corrected chi connectivity index (χ4v) is 2.82. The zero-order valence-corrected chi connectivity index (χ0v) is 12.2. The number of benzene rings is 1. The van der Waals surface area contributed by atoms with Crippen LogP contribution in [-0.4, -0.2) is 10.9 Å². The topological polar surface area (TPSA) is 33.2 Å². The molecule has 1 aliphatic rings. The van der Waals surface area contributed by atoms with Gasteiger partial charge in [0.2, 0.25) is 5.91 Å². The summed E-state index contributed by atoms with van der Waals surface area (Å²) in [5.41, 5.74) is 2.93. The third-order valence-electron chi connectivity index (χ3n) is 3.42. The van der Waals surface area contributed by atoms with E-state index in [-0.39, 0.29) is 5.91 Å². The lowest BCUT2D eigenvalue weighted by Gasteiger charge is -2.29. The molecule has 1 aromatic heterocycles. The first kappa shape index (κ1) is 13.4. The van der Waals surface area contributed by atoms with Gasteiger partial charge in [-0.3, -0.25) is 4.79 Å². The van der Waals surface area contributed by atoms with Crippen LogP contribution < -0.4 is 4.90 Å². The smallest absolute Gasteiger partial charge is 0.227 e. The van der Waals surface area contributed by atoms with Gasteiger partial charge in [-0.05, 0) is 24.1 Å². The molecule has 102 valence electrons. The number of halogens is 2. The summed E-state index contributed by atoms with van der Waals surface area (Å²) >= 11 is 12.0. The van der Waals surface area contributed by atoms with Crippen LogP contribution in [0.25, 0.3) is 0 Å². The van der Waals surface area contributed by atoms with Crippen LogP contribution in [0.3, 0.4) is 0 Å². The molecule has 0 saturated carbocycles. The van der Waals surface area contributed by atoms with Crippen molar-refractivity contribution in [2.45, 2.75) is 19.4 Å². The van der Waals surface area contributed by atoms with Crippen molar-refractivity contribution in [3.05, 3.63) is 57.8 Å². The number of carbonyl (C=O) groups is 1. The highest BCUT2D eigenvalue weighted by atomic mass is 35.5. The number of fused-ring (bicyclic) bond motifs is 1. The van der Waals surface area contributed by atoms with Crippen LogP contribution in [0.2, 0.25) is 10.2 Å². The van der Waals surface area contributed by atoms with Gasteiger partial charge in [-0.1, -0.05) is 41.4 Å². The molecule has 3 rings (SSSR count). The molecule has 0 spiro atoms. The van der Waals surface area contributed by atoms with E-state index in [1.165, 1.54) is 5.56 Å². The molecule has 0 radical (unpaired) electrons. The molecule has 0 atom stereocenters. The average Bonchev–Trinajstić information content (AvgIpc) is 2.44. The second kappa shape index (κ2) is 5.43. The summed E-state index contributed by atoms with van der Waals surface area (Å²) in [4.78, 5) is 18.0. The van der Waals surface area contributed by atoms with Gasteiger partial charge in [0.15, 0.2) is 0 Å². The SMILES string of the molecule is O=C1CCc2ccccc2N1Cc1cnc(Cl)cc1Cl. The Kier molecular flexibility index (Phi) is 3.64. The highest BCUT2D eigenvalue weighted by Crippen LogP contribution is 2.30. The number of hydrogen-bond acceptors (Lipinski definition) is 2. The molecule has 2 aromatic rings. The van der Waals surface area contributed by atoms with E-state index in [2.05, 4.69) is 11.1 Å². The average molecular weight is 307 g/mol. The van der Waals surface area contributed by atoms with Gasteiger partial charge in [-0.2, -0.15) is 0 Å². The Balaban J connectivity index is 1.95. The maximum Gasteiger partial charge on any atom is 0.227 e. The van der Waals surface area contributed by atoms with Gasteiger partial charge >= 0.3 is 0 Å². The van der Waals surface area contributed by atoms with Crippen molar-refractivity contribution in [3.63, 3.8) is 0 Å². The molecular formula is C15H12Cl2N2O. The van der Waals surface area contributed by atoms with Gasteiger partial charge in [0.05, 0.1) is 11.6 Å². The van der Waals surface area contributed by atoms with Crippen LogP contribution in [0, 0.1) is 0 Å². The van der Waals surface area contributed by atoms with Crippen molar-refractivity contribution in [1.82, 2.24) is 4.98 Å². The fourth-order valence-electron chi connectivity index (χ4n) is 2.39. The van der Waals surface area contributed by atoms with Gasteiger partial charge in [0.25, 0.3) is 0 Å².